The van der Waals surface area contributed by atoms with Gasteiger partial charge in [0.05, 0.1) is 29.1 Å². The number of esters is 2. The van der Waals surface area contributed by atoms with Crippen LogP contribution < -0.4 is 0 Å². The summed E-state index contributed by atoms with van der Waals surface area (Å²) in [5.41, 5.74) is 0.200. The molecule has 0 saturated heterocycles. The lowest BCUT2D eigenvalue weighted by atomic mass is 10.2. The van der Waals surface area contributed by atoms with Crippen molar-refractivity contribution in [3.05, 3.63) is 21.9 Å². The van der Waals surface area contributed by atoms with Crippen LogP contribution in [0.3, 0.4) is 0 Å². The van der Waals surface area contributed by atoms with Crippen LogP contribution in [0.15, 0.2) is 10.7 Å². The first kappa shape index (κ1) is 19.4. The molecule has 21 heavy (non-hydrogen) atoms. The Morgan fingerprint density at radius 2 is 1.81 bits per heavy atom. The number of aldehydes is 1. The van der Waals surface area contributed by atoms with Gasteiger partial charge in [-0.25, -0.2) is 4.79 Å². The first-order chi connectivity index (χ1) is 10.0. The van der Waals surface area contributed by atoms with E-state index in [-0.39, 0.29) is 31.0 Å². The van der Waals surface area contributed by atoms with Crippen LogP contribution in [0, 0.1) is 0 Å². The molecular formula is C14H20BrNO5. The van der Waals surface area contributed by atoms with E-state index in [4.69, 9.17) is 9.47 Å². The molecule has 0 aliphatic rings. The SMILES string of the molecule is CC.CCOC(=O)Cn1c(Br)cc(C(=O)OCC)c1C=O. The van der Waals surface area contributed by atoms with Crippen LogP contribution in [0.4, 0.5) is 0 Å². The summed E-state index contributed by atoms with van der Waals surface area (Å²) < 4.78 is 11.4. The summed E-state index contributed by atoms with van der Waals surface area (Å²) in [6.45, 7) is 7.66. The Morgan fingerprint density at radius 3 is 2.29 bits per heavy atom. The van der Waals surface area contributed by atoms with Crippen molar-refractivity contribution < 1.29 is 23.9 Å². The third kappa shape index (κ3) is 5.34. The van der Waals surface area contributed by atoms with Gasteiger partial charge in [-0.05, 0) is 35.8 Å². The molecule has 0 spiro atoms. The summed E-state index contributed by atoms with van der Waals surface area (Å²) in [5, 5.41) is 0. The number of halogens is 1. The quantitative estimate of drug-likeness (QED) is 0.575. The predicted octanol–water partition coefficient (Wildman–Crippen LogP) is 2.83. The maximum Gasteiger partial charge on any atom is 0.340 e. The fourth-order valence-corrected chi connectivity index (χ4v) is 2.07. The topological polar surface area (TPSA) is 74.6 Å². The molecule has 1 rings (SSSR count). The van der Waals surface area contributed by atoms with Gasteiger partial charge in [-0.1, -0.05) is 13.8 Å². The third-order valence-corrected chi connectivity index (χ3v) is 2.94. The molecular weight excluding hydrogens is 342 g/mol. The van der Waals surface area contributed by atoms with Crippen molar-refractivity contribution >= 4 is 34.2 Å². The van der Waals surface area contributed by atoms with Crippen LogP contribution in [0.25, 0.3) is 0 Å². The molecule has 118 valence electrons. The number of rotatable bonds is 6. The normalized spacial score (nSPS) is 9.38. The average Bonchev–Trinajstić information content (AvgIpc) is 2.78. The zero-order valence-corrected chi connectivity index (χ0v) is 14.2. The minimum absolute atomic E-state index is 0.0818. The summed E-state index contributed by atoms with van der Waals surface area (Å²) in [6, 6.07) is 1.45. The van der Waals surface area contributed by atoms with E-state index in [0.29, 0.717) is 10.9 Å². The van der Waals surface area contributed by atoms with E-state index >= 15 is 0 Å². The second-order valence-electron chi connectivity index (χ2n) is 3.50. The van der Waals surface area contributed by atoms with E-state index < -0.39 is 11.9 Å². The van der Waals surface area contributed by atoms with E-state index in [9.17, 15) is 14.4 Å². The van der Waals surface area contributed by atoms with Gasteiger partial charge >= 0.3 is 11.9 Å². The summed E-state index contributed by atoms with van der Waals surface area (Å²) in [5.74, 6) is -1.09. The Balaban J connectivity index is 0.00000191. The molecule has 7 heteroatoms. The van der Waals surface area contributed by atoms with Crippen molar-refractivity contribution in [3.8, 4) is 0 Å². The molecule has 0 amide bonds. The highest BCUT2D eigenvalue weighted by Crippen LogP contribution is 2.21. The van der Waals surface area contributed by atoms with E-state index in [0.717, 1.165) is 0 Å². The number of nitrogens with zero attached hydrogens (tertiary/aromatic N) is 1. The number of carbonyl (C=O) groups excluding carboxylic acids is 3. The average molecular weight is 362 g/mol. The maximum atomic E-state index is 11.7. The number of hydrogen-bond donors (Lipinski definition) is 0. The third-order valence-electron chi connectivity index (χ3n) is 2.29. The van der Waals surface area contributed by atoms with Crippen LogP contribution in [-0.4, -0.2) is 36.0 Å². The highest BCUT2D eigenvalue weighted by atomic mass is 79.9. The van der Waals surface area contributed by atoms with Gasteiger partial charge < -0.3 is 14.0 Å². The van der Waals surface area contributed by atoms with Crippen LogP contribution in [-0.2, 0) is 20.8 Å². The van der Waals surface area contributed by atoms with E-state index in [1.165, 1.54) is 10.6 Å². The first-order valence-corrected chi connectivity index (χ1v) is 7.51. The number of ether oxygens (including phenoxy) is 2. The minimum atomic E-state index is -0.604. The molecule has 0 aliphatic heterocycles. The van der Waals surface area contributed by atoms with Crippen LogP contribution >= 0.6 is 15.9 Å². The van der Waals surface area contributed by atoms with Gasteiger partial charge in [-0.15, -0.1) is 0 Å². The van der Waals surface area contributed by atoms with E-state index in [1.807, 2.05) is 13.8 Å². The van der Waals surface area contributed by atoms with Crippen LogP contribution in [0.2, 0.25) is 0 Å². The molecule has 0 unspecified atom stereocenters. The van der Waals surface area contributed by atoms with Crippen molar-refractivity contribution in [2.24, 2.45) is 0 Å². The van der Waals surface area contributed by atoms with Crippen molar-refractivity contribution in [1.29, 1.82) is 0 Å². The van der Waals surface area contributed by atoms with Gasteiger partial charge in [0, 0.05) is 0 Å². The predicted molar refractivity (Wildman–Crippen MR) is 81.5 cm³/mol. The van der Waals surface area contributed by atoms with Crippen molar-refractivity contribution in [2.45, 2.75) is 34.2 Å². The molecule has 1 heterocycles. The first-order valence-electron chi connectivity index (χ1n) is 6.72. The van der Waals surface area contributed by atoms with Crippen LogP contribution in [0.5, 0.6) is 0 Å². The highest BCUT2D eigenvalue weighted by molar-refractivity contribution is 9.10. The summed E-state index contributed by atoms with van der Waals surface area (Å²) in [7, 11) is 0. The van der Waals surface area contributed by atoms with Crippen molar-refractivity contribution in [2.75, 3.05) is 13.2 Å². The van der Waals surface area contributed by atoms with Crippen LogP contribution in [0.1, 0.15) is 48.5 Å². The monoisotopic (exact) mass is 361 g/mol. The molecule has 0 N–H and O–H groups in total. The lowest BCUT2D eigenvalue weighted by Crippen LogP contribution is -2.16. The maximum absolute atomic E-state index is 11.7. The molecule has 0 aliphatic carbocycles. The summed E-state index contributed by atoms with van der Waals surface area (Å²) in [4.78, 5) is 34.2. The Hall–Kier alpha value is -1.63. The molecule has 0 bridgehead atoms. The lowest BCUT2D eigenvalue weighted by molar-refractivity contribution is -0.143. The largest absolute Gasteiger partial charge is 0.465 e. The summed E-state index contributed by atoms with van der Waals surface area (Å²) in [6.07, 6.45) is 0.510. The van der Waals surface area contributed by atoms with E-state index in [2.05, 4.69) is 15.9 Å². The van der Waals surface area contributed by atoms with Crippen molar-refractivity contribution in [1.82, 2.24) is 4.57 Å². The Kier molecular flexibility index (Phi) is 9.36. The zero-order valence-electron chi connectivity index (χ0n) is 12.6. The number of hydrogen-bond acceptors (Lipinski definition) is 5. The molecule has 0 saturated carbocycles. The van der Waals surface area contributed by atoms with Gasteiger partial charge in [-0.3, -0.25) is 9.59 Å². The second-order valence-corrected chi connectivity index (χ2v) is 4.31. The van der Waals surface area contributed by atoms with Gasteiger partial charge in [0.1, 0.15) is 6.54 Å². The smallest absolute Gasteiger partial charge is 0.340 e. The molecule has 0 fully saturated rings. The summed E-state index contributed by atoms with van der Waals surface area (Å²) >= 11 is 3.20. The fourth-order valence-electron chi connectivity index (χ4n) is 1.53. The molecule has 1 aromatic heterocycles. The highest BCUT2D eigenvalue weighted by Gasteiger charge is 2.21. The number of carbonyl (C=O) groups is 3. The molecule has 0 aromatic carbocycles. The fraction of sp³-hybridized carbons (Fsp3) is 0.500. The molecule has 1 aromatic rings. The number of aromatic nitrogens is 1. The standard InChI is InChI=1S/C12H14BrNO5.C2H6/c1-3-18-11(16)6-14-9(7-15)8(5-10(14)13)12(17)19-4-2;1-2/h5,7H,3-4,6H2,1-2H3;1-2H3. The Morgan fingerprint density at radius 1 is 1.24 bits per heavy atom. The second kappa shape index (κ2) is 10.1. The minimum Gasteiger partial charge on any atom is -0.465 e. The zero-order chi connectivity index (χ0) is 16.4. The van der Waals surface area contributed by atoms with Gasteiger partial charge in [0.2, 0.25) is 0 Å². The lowest BCUT2D eigenvalue weighted by Gasteiger charge is -2.07. The Bertz CT molecular complexity index is 496. The molecule has 0 atom stereocenters. The van der Waals surface area contributed by atoms with Gasteiger partial charge in [0.15, 0.2) is 6.29 Å². The van der Waals surface area contributed by atoms with Gasteiger partial charge in [-0.2, -0.15) is 0 Å². The van der Waals surface area contributed by atoms with E-state index in [1.54, 1.807) is 13.8 Å². The molecule has 0 radical (unpaired) electrons. The van der Waals surface area contributed by atoms with Gasteiger partial charge in [0.25, 0.3) is 0 Å². The molecule has 6 nitrogen and oxygen atoms in total. The van der Waals surface area contributed by atoms with Crippen molar-refractivity contribution in [3.63, 3.8) is 0 Å². The Labute approximate surface area is 132 Å².